The summed E-state index contributed by atoms with van der Waals surface area (Å²) in [5, 5.41) is 0. The van der Waals surface area contributed by atoms with E-state index in [-0.39, 0.29) is 35.9 Å². The summed E-state index contributed by atoms with van der Waals surface area (Å²) < 4.78 is 6.15. The van der Waals surface area contributed by atoms with Gasteiger partial charge in [-0.25, -0.2) is 4.79 Å². The fourth-order valence-electron chi connectivity index (χ4n) is 5.29. The summed E-state index contributed by atoms with van der Waals surface area (Å²) in [4.78, 5) is 33.3. The standard InChI is InChI=1S/C27H34N4O3.ClH.H2O/c32-26-24-13-6-7-16-30(24)27(33)31(26)17-9-8-15-28-18-20-29(21-19-28)23-12-4-5-14-25(23)34-22-10-2-1-3-11-22;;/h1-5,10-12,14,24H,6-9,13,15-21H2;1H;1H2/p-1. The molecule has 5 rings (SSSR count). The molecule has 36 heavy (non-hydrogen) atoms. The number of imide groups is 1. The van der Waals surface area contributed by atoms with Crippen molar-refractivity contribution in [3.8, 4) is 11.5 Å². The van der Waals surface area contributed by atoms with Gasteiger partial charge in [0.05, 0.1) is 5.69 Å². The van der Waals surface area contributed by atoms with E-state index >= 15 is 0 Å². The Bertz CT molecular complexity index is 976. The highest BCUT2D eigenvalue weighted by Gasteiger charge is 2.45. The molecule has 0 spiro atoms. The number of halogens is 1. The molecule has 2 N–H and O–H groups in total. The third kappa shape index (κ3) is 6.11. The highest BCUT2D eigenvalue weighted by Crippen LogP contribution is 2.32. The lowest BCUT2D eigenvalue weighted by Gasteiger charge is -2.36. The Morgan fingerprint density at radius 1 is 0.806 bits per heavy atom. The molecule has 196 valence electrons. The van der Waals surface area contributed by atoms with Crippen LogP contribution in [0.5, 0.6) is 11.5 Å². The van der Waals surface area contributed by atoms with Gasteiger partial charge in [-0.15, -0.1) is 0 Å². The van der Waals surface area contributed by atoms with E-state index in [2.05, 4.69) is 21.9 Å². The van der Waals surface area contributed by atoms with Crippen molar-refractivity contribution in [1.29, 1.82) is 0 Å². The summed E-state index contributed by atoms with van der Waals surface area (Å²) in [7, 11) is 0. The molecule has 3 aliphatic heterocycles. The van der Waals surface area contributed by atoms with Crippen molar-refractivity contribution in [2.45, 2.75) is 38.1 Å². The maximum atomic E-state index is 12.6. The number of rotatable bonds is 8. The van der Waals surface area contributed by atoms with Gasteiger partial charge in [-0.2, -0.15) is 0 Å². The molecule has 3 fully saturated rings. The summed E-state index contributed by atoms with van der Waals surface area (Å²) in [6.07, 6.45) is 4.74. The number of fused-ring (bicyclic) bond motifs is 1. The molecule has 0 aliphatic carbocycles. The van der Waals surface area contributed by atoms with E-state index in [1.807, 2.05) is 42.5 Å². The number of piperazine rings is 1. The van der Waals surface area contributed by atoms with Crippen LogP contribution in [0.2, 0.25) is 0 Å². The molecule has 3 heterocycles. The third-order valence-electron chi connectivity index (χ3n) is 7.19. The normalized spacial score (nSPS) is 20.0. The Morgan fingerprint density at radius 2 is 1.50 bits per heavy atom. The van der Waals surface area contributed by atoms with Gasteiger partial charge in [0.1, 0.15) is 11.8 Å². The Hall–Kier alpha value is -2.81. The highest BCUT2D eigenvalue weighted by atomic mass is 35.5. The molecule has 9 heteroatoms. The SMILES string of the molecule is O.O=C1C2CCCCN2C(=O)N1CCCCN1CCN(c2ccccc2Oc2ccccc2)CC1.[Cl-]. The minimum atomic E-state index is -0.192. The summed E-state index contributed by atoms with van der Waals surface area (Å²) in [5.74, 6) is 1.76. The number of amides is 3. The number of carbonyl (C=O) groups excluding carboxylic acids is 2. The second kappa shape index (κ2) is 12.9. The first-order valence-corrected chi connectivity index (χ1v) is 12.6. The van der Waals surface area contributed by atoms with Crippen molar-refractivity contribution in [3.63, 3.8) is 0 Å². The summed E-state index contributed by atoms with van der Waals surface area (Å²) >= 11 is 0. The minimum Gasteiger partial charge on any atom is -1.00 e. The zero-order valence-corrected chi connectivity index (χ0v) is 21.4. The fraction of sp³-hybridized carbons (Fsp3) is 0.481. The maximum Gasteiger partial charge on any atom is 0.327 e. The molecule has 0 saturated carbocycles. The van der Waals surface area contributed by atoms with E-state index in [1.54, 1.807) is 4.90 Å². The quantitative estimate of drug-likeness (QED) is 0.374. The van der Waals surface area contributed by atoms with Crippen LogP contribution in [-0.2, 0) is 4.79 Å². The Kier molecular flexibility index (Phi) is 9.98. The van der Waals surface area contributed by atoms with Crippen molar-refractivity contribution < 1.29 is 32.2 Å². The van der Waals surface area contributed by atoms with Crippen molar-refractivity contribution >= 4 is 17.6 Å². The predicted molar refractivity (Wildman–Crippen MR) is 136 cm³/mol. The van der Waals surface area contributed by atoms with E-state index in [0.717, 1.165) is 88.6 Å². The number of carbonyl (C=O) groups is 2. The molecule has 0 bridgehead atoms. The maximum absolute atomic E-state index is 12.6. The van der Waals surface area contributed by atoms with Gasteiger partial charge in [-0.1, -0.05) is 30.3 Å². The largest absolute Gasteiger partial charge is 1.00 e. The molecule has 0 radical (unpaired) electrons. The summed E-state index contributed by atoms with van der Waals surface area (Å²) in [5.41, 5.74) is 1.13. The van der Waals surface area contributed by atoms with Crippen LogP contribution in [0.3, 0.4) is 0 Å². The van der Waals surface area contributed by atoms with E-state index in [4.69, 9.17) is 4.74 Å². The van der Waals surface area contributed by atoms with Crippen molar-refractivity contribution in [2.75, 3.05) is 50.7 Å². The van der Waals surface area contributed by atoms with Gasteiger partial charge in [-0.05, 0) is 62.9 Å². The van der Waals surface area contributed by atoms with E-state index in [1.165, 1.54) is 4.90 Å². The molecule has 1 atom stereocenters. The van der Waals surface area contributed by atoms with Gasteiger partial charge in [0.25, 0.3) is 5.91 Å². The van der Waals surface area contributed by atoms with E-state index < -0.39 is 0 Å². The zero-order chi connectivity index (χ0) is 23.3. The number of anilines is 1. The minimum absolute atomic E-state index is 0. The molecule has 3 aliphatic rings. The van der Waals surface area contributed by atoms with Gasteiger partial charge in [0.15, 0.2) is 5.75 Å². The number of benzene rings is 2. The first kappa shape index (κ1) is 27.8. The number of ether oxygens (including phenoxy) is 1. The van der Waals surface area contributed by atoms with E-state index in [9.17, 15) is 9.59 Å². The number of unbranched alkanes of at least 4 members (excludes halogenated alkanes) is 1. The molecule has 2 aromatic carbocycles. The van der Waals surface area contributed by atoms with Crippen LogP contribution in [0.15, 0.2) is 54.6 Å². The predicted octanol–water partition coefficient (Wildman–Crippen LogP) is 0.377. The number of hydrogen-bond donors (Lipinski definition) is 0. The average Bonchev–Trinajstić information content (AvgIpc) is 3.13. The average molecular weight is 516 g/mol. The van der Waals surface area contributed by atoms with Crippen molar-refractivity contribution in [3.05, 3.63) is 54.6 Å². The van der Waals surface area contributed by atoms with Crippen LogP contribution in [-0.4, -0.2) is 84.0 Å². The van der Waals surface area contributed by atoms with Crippen LogP contribution < -0.4 is 22.0 Å². The summed E-state index contributed by atoms with van der Waals surface area (Å²) in [6, 6.07) is 17.9. The van der Waals surface area contributed by atoms with Gasteiger partial charge >= 0.3 is 6.03 Å². The van der Waals surface area contributed by atoms with Crippen molar-refractivity contribution in [1.82, 2.24) is 14.7 Å². The van der Waals surface area contributed by atoms with Gasteiger partial charge in [0, 0.05) is 39.3 Å². The zero-order valence-electron chi connectivity index (χ0n) is 20.7. The fourth-order valence-corrected chi connectivity index (χ4v) is 5.29. The van der Waals surface area contributed by atoms with Gasteiger partial charge in [0.2, 0.25) is 0 Å². The first-order valence-electron chi connectivity index (χ1n) is 12.6. The lowest BCUT2D eigenvalue weighted by Crippen LogP contribution is -3.00. The topological polar surface area (TPSA) is 87.8 Å². The van der Waals surface area contributed by atoms with Crippen LogP contribution in [0.1, 0.15) is 32.1 Å². The lowest BCUT2D eigenvalue weighted by atomic mass is 10.0. The Labute approximate surface area is 219 Å². The smallest absolute Gasteiger partial charge is 0.327 e. The van der Waals surface area contributed by atoms with Gasteiger partial charge < -0.3 is 32.4 Å². The monoisotopic (exact) mass is 515 g/mol. The lowest BCUT2D eigenvalue weighted by molar-refractivity contribution is -0.128. The second-order valence-electron chi connectivity index (χ2n) is 9.40. The van der Waals surface area contributed by atoms with Crippen molar-refractivity contribution in [2.24, 2.45) is 0 Å². The third-order valence-corrected chi connectivity index (χ3v) is 7.19. The number of urea groups is 1. The summed E-state index contributed by atoms with van der Waals surface area (Å²) in [6.45, 7) is 6.18. The Balaban J connectivity index is 0.00000180. The highest BCUT2D eigenvalue weighted by molar-refractivity contribution is 6.04. The number of nitrogens with zero attached hydrogens (tertiary/aromatic N) is 4. The van der Waals surface area contributed by atoms with Crippen LogP contribution in [0.4, 0.5) is 10.5 Å². The van der Waals surface area contributed by atoms with E-state index in [0.29, 0.717) is 6.54 Å². The van der Waals surface area contributed by atoms with Crippen LogP contribution in [0.25, 0.3) is 0 Å². The van der Waals surface area contributed by atoms with Gasteiger partial charge in [-0.3, -0.25) is 14.6 Å². The number of hydrogen-bond acceptors (Lipinski definition) is 5. The molecule has 0 aromatic heterocycles. The first-order chi connectivity index (χ1) is 16.7. The molecule has 3 amide bonds. The van der Waals surface area contributed by atoms with Crippen LogP contribution >= 0.6 is 0 Å². The molecule has 3 saturated heterocycles. The molecule has 1 unspecified atom stereocenters. The Morgan fingerprint density at radius 3 is 2.25 bits per heavy atom. The van der Waals surface area contributed by atoms with Crippen LogP contribution in [0, 0.1) is 0 Å². The molecular weight excluding hydrogens is 480 g/mol. The second-order valence-corrected chi connectivity index (χ2v) is 9.40. The number of piperidine rings is 1. The molecule has 2 aromatic rings. The molecular formula is C27H36ClN4O4-. The number of para-hydroxylation sites is 3. The molecule has 8 nitrogen and oxygen atoms in total.